The van der Waals surface area contributed by atoms with Crippen molar-refractivity contribution in [1.82, 2.24) is 19.9 Å². The van der Waals surface area contributed by atoms with Gasteiger partial charge in [-0.05, 0) is 19.1 Å². The highest BCUT2D eigenvalue weighted by Crippen LogP contribution is 2.05. The molecule has 116 valence electrons. The molecule has 2 heterocycles. The average Bonchev–Trinajstić information content (AvgIpc) is 2.93. The third-order valence-corrected chi connectivity index (χ3v) is 3.46. The topological polar surface area (TPSA) is 96.3 Å². The molecule has 0 aliphatic heterocycles. The van der Waals surface area contributed by atoms with E-state index < -0.39 is 11.6 Å². The zero-order valence-corrected chi connectivity index (χ0v) is 12.4. The molecule has 0 radical (unpaired) electrons. The summed E-state index contributed by atoms with van der Waals surface area (Å²) in [6, 6.07) is 10.2. The number of carbonyl (C=O) groups excluding carboxylic acids is 2. The number of carbonyl (C=O) groups is 2. The van der Waals surface area contributed by atoms with E-state index >= 15 is 0 Å². The Labute approximate surface area is 131 Å². The van der Waals surface area contributed by atoms with Gasteiger partial charge in [-0.3, -0.25) is 9.59 Å². The van der Waals surface area contributed by atoms with Crippen molar-refractivity contribution in [2.75, 3.05) is 6.54 Å². The van der Waals surface area contributed by atoms with Gasteiger partial charge in [0.15, 0.2) is 11.4 Å². The molecular formula is C16H14N4O3. The number of amides is 1. The number of rotatable bonds is 4. The SMILES string of the molecule is Cc1ccc(C(=O)CNC(=O)c2ccc3n[nH]c(=O)n3c2)cc1. The number of benzene rings is 1. The molecule has 7 nitrogen and oxygen atoms in total. The summed E-state index contributed by atoms with van der Waals surface area (Å²) >= 11 is 0. The first-order valence-electron chi connectivity index (χ1n) is 6.99. The van der Waals surface area contributed by atoms with E-state index in [4.69, 9.17) is 0 Å². The standard InChI is InChI=1S/C16H14N4O3/c1-10-2-4-11(5-3-10)13(21)8-17-15(22)12-6-7-14-18-19-16(23)20(14)9-12/h2-7,9H,8H2,1H3,(H,17,22)(H,19,23). The second-order valence-corrected chi connectivity index (χ2v) is 5.15. The summed E-state index contributed by atoms with van der Waals surface area (Å²) in [6.45, 7) is 1.82. The molecule has 0 atom stereocenters. The van der Waals surface area contributed by atoms with Crippen LogP contribution in [-0.2, 0) is 0 Å². The molecule has 2 N–H and O–H groups in total. The number of nitrogens with one attached hydrogen (secondary N) is 2. The fourth-order valence-electron chi connectivity index (χ4n) is 2.14. The normalized spacial score (nSPS) is 10.7. The Bertz CT molecular complexity index is 938. The zero-order valence-electron chi connectivity index (χ0n) is 12.4. The molecule has 7 heteroatoms. The first kappa shape index (κ1) is 14.7. The van der Waals surface area contributed by atoms with Gasteiger partial charge in [0.2, 0.25) is 0 Å². The number of pyridine rings is 1. The molecule has 0 saturated carbocycles. The Kier molecular flexibility index (Phi) is 3.76. The van der Waals surface area contributed by atoms with Crippen molar-refractivity contribution in [3.8, 4) is 0 Å². The van der Waals surface area contributed by atoms with Gasteiger partial charge in [0.25, 0.3) is 5.91 Å². The number of fused-ring (bicyclic) bond motifs is 1. The minimum Gasteiger partial charge on any atom is -0.345 e. The maximum absolute atomic E-state index is 12.1. The largest absolute Gasteiger partial charge is 0.347 e. The highest BCUT2D eigenvalue weighted by atomic mass is 16.2. The van der Waals surface area contributed by atoms with Crippen molar-refractivity contribution in [2.24, 2.45) is 0 Å². The summed E-state index contributed by atoms with van der Waals surface area (Å²) in [5.41, 5.74) is 1.87. The molecule has 23 heavy (non-hydrogen) atoms. The van der Waals surface area contributed by atoms with Crippen LogP contribution in [0, 0.1) is 6.92 Å². The fourth-order valence-corrected chi connectivity index (χ4v) is 2.14. The summed E-state index contributed by atoms with van der Waals surface area (Å²) in [4.78, 5) is 35.6. The predicted molar refractivity (Wildman–Crippen MR) is 83.7 cm³/mol. The van der Waals surface area contributed by atoms with Crippen LogP contribution in [0.15, 0.2) is 47.4 Å². The number of aryl methyl sites for hydroxylation is 1. The Hall–Kier alpha value is -3.22. The molecule has 3 rings (SSSR count). The fraction of sp³-hybridized carbons (Fsp3) is 0.125. The van der Waals surface area contributed by atoms with Crippen molar-refractivity contribution in [3.63, 3.8) is 0 Å². The molecule has 0 bridgehead atoms. The highest BCUT2D eigenvalue weighted by molar-refractivity contribution is 6.02. The van der Waals surface area contributed by atoms with Gasteiger partial charge < -0.3 is 5.32 Å². The van der Waals surface area contributed by atoms with Crippen LogP contribution in [0.3, 0.4) is 0 Å². The van der Waals surface area contributed by atoms with Crippen LogP contribution in [0.2, 0.25) is 0 Å². The highest BCUT2D eigenvalue weighted by Gasteiger charge is 2.11. The van der Waals surface area contributed by atoms with Gasteiger partial charge in [-0.25, -0.2) is 14.3 Å². The van der Waals surface area contributed by atoms with Crippen LogP contribution in [0.4, 0.5) is 0 Å². The smallest absolute Gasteiger partial charge is 0.345 e. The molecule has 0 unspecified atom stereocenters. The molecule has 2 aromatic heterocycles. The first-order chi connectivity index (χ1) is 11.0. The summed E-state index contributed by atoms with van der Waals surface area (Å²) < 4.78 is 1.23. The third kappa shape index (κ3) is 3.03. The maximum atomic E-state index is 12.1. The molecule has 0 aliphatic rings. The molecule has 1 aromatic carbocycles. The van der Waals surface area contributed by atoms with E-state index in [1.54, 1.807) is 24.3 Å². The van der Waals surface area contributed by atoms with E-state index in [1.165, 1.54) is 10.6 Å². The van der Waals surface area contributed by atoms with Gasteiger partial charge >= 0.3 is 5.69 Å². The van der Waals surface area contributed by atoms with Gasteiger partial charge in [0.05, 0.1) is 12.1 Å². The zero-order chi connectivity index (χ0) is 16.4. The van der Waals surface area contributed by atoms with E-state index in [-0.39, 0.29) is 17.9 Å². The van der Waals surface area contributed by atoms with Crippen molar-refractivity contribution < 1.29 is 9.59 Å². The van der Waals surface area contributed by atoms with Gasteiger partial charge in [-0.15, -0.1) is 0 Å². The third-order valence-electron chi connectivity index (χ3n) is 3.46. The number of ketones is 1. The summed E-state index contributed by atoms with van der Waals surface area (Å²) in [7, 11) is 0. The van der Waals surface area contributed by atoms with E-state index in [2.05, 4.69) is 15.5 Å². The number of aromatic amines is 1. The summed E-state index contributed by atoms with van der Waals surface area (Å²) in [5, 5.41) is 8.62. The lowest BCUT2D eigenvalue weighted by molar-refractivity contribution is 0.0904. The second-order valence-electron chi connectivity index (χ2n) is 5.15. The molecule has 0 saturated heterocycles. The average molecular weight is 310 g/mol. The van der Waals surface area contributed by atoms with E-state index in [1.807, 2.05) is 19.1 Å². The van der Waals surface area contributed by atoms with E-state index in [0.29, 0.717) is 11.2 Å². The molecular weight excluding hydrogens is 296 g/mol. The van der Waals surface area contributed by atoms with Crippen molar-refractivity contribution in [1.29, 1.82) is 0 Å². The van der Waals surface area contributed by atoms with Gasteiger partial charge in [0, 0.05) is 11.8 Å². The van der Waals surface area contributed by atoms with Crippen LogP contribution >= 0.6 is 0 Å². The molecule has 0 spiro atoms. The van der Waals surface area contributed by atoms with Gasteiger partial charge in [0.1, 0.15) is 0 Å². The molecule has 1 amide bonds. The second kappa shape index (κ2) is 5.88. The van der Waals surface area contributed by atoms with Crippen molar-refractivity contribution >= 4 is 17.3 Å². The summed E-state index contributed by atoms with van der Waals surface area (Å²) in [6.07, 6.45) is 1.38. The van der Waals surface area contributed by atoms with Crippen LogP contribution in [0.5, 0.6) is 0 Å². The van der Waals surface area contributed by atoms with E-state index in [9.17, 15) is 14.4 Å². The van der Waals surface area contributed by atoms with Crippen LogP contribution in [0.25, 0.3) is 5.65 Å². The van der Waals surface area contributed by atoms with Gasteiger partial charge in [-0.2, -0.15) is 5.10 Å². The van der Waals surface area contributed by atoms with Crippen molar-refractivity contribution in [3.05, 3.63) is 69.8 Å². The van der Waals surface area contributed by atoms with Crippen LogP contribution in [-0.4, -0.2) is 32.8 Å². The minimum atomic E-state index is -0.430. The quantitative estimate of drug-likeness (QED) is 0.701. The lowest BCUT2D eigenvalue weighted by Gasteiger charge is -2.05. The number of H-pyrrole nitrogens is 1. The minimum absolute atomic E-state index is 0.111. The van der Waals surface area contributed by atoms with Gasteiger partial charge in [-0.1, -0.05) is 29.8 Å². The Morgan fingerprint density at radius 3 is 2.57 bits per heavy atom. The monoisotopic (exact) mass is 310 g/mol. The first-order valence-corrected chi connectivity index (χ1v) is 6.99. The lowest BCUT2D eigenvalue weighted by Crippen LogP contribution is -2.30. The lowest BCUT2D eigenvalue weighted by atomic mass is 10.1. The number of nitrogens with zero attached hydrogens (tertiary/aromatic N) is 2. The van der Waals surface area contributed by atoms with Crippen molar-refractivity contribution in [2.45, 2.75) is 6.92 Å². The Morgan fingerprint density at radius 1 is 1.13 bits per heavy atom. The number of hydrogen-bond donors (Lipinski definition) is 2. The molecule has 0 aliphatic carbocycles. The number of aromatic nitrogens is 3. The summed E-state index contributed by atoms with van der Waals surface area (Å²) in [5.74, 6) is -0.611. The van der Waals surface area contributed by atoms with Crippen LogP contribution < -0.4 is 11.0 Å². The molecule has 3 aromatic rings. The Balaban J connectivity index is 1.70. The number of Topliss-reactive ketones (excluding diaryl/α,β-unsaturated/α-hetero) is 1. The van der Waals surface area contributed by atoms with E-state index in [0.717, 1.165) is 5.56 Å². The molecule has 0 fully saturated rings. The Morgan fingerprint density at radius 2 is 1.83 bits per heavy atom. The maximum Gasteiger partial charge on any atom is 0.347 e. The number of hydrogen-bond acceptors (Lipinski definition) is 4. The predicted octanol–water partition coefficient (Wildman–Crippen LogP) is 0.944. The van der Waals surface area contributed by atoms with Crippen LogP contribution in [0.1, 0.15) is 26.3 Å².